The van der Waals surface area contributed by atoms with E-state index in [4.69, 9.17) is 0 Å². The Morgan fingerprint density at radius 2 is 0.447 bits per heavy atom. The van der Waals surface area contributed by atoms with E-state index in [1.165, 1.54) is 77.5 Å². The Labute approximate surface area is 226 Å². The lowest BCUT2D eigenvalue weighted by Crippen LogP contribution is -1.96. The third-order valence-electron chi connectivity index (χ3n) is 7.90. The molecular formula is C38H32. The molecule has 0 aliphatic rings. The maximum Gasteiger partial charge on any atom is -0.00141 e. The molecule has 0 N–H and O–H groups in total. The molecule has 0 nitrogen and oxygen atoms in total. The van der Waals surface area contributed by atoms with Gasteiger partial charge in [0.2, 0.25) is 0 Å². The molecule has 184 valence electrons. The van der Waals surface area contributed by atoms with Crippen LogP contribution in [0.15, 0.2) is 121 Å². The van der Waals surface area contributed by atoms with Gasteiger partial charge in [-0.05, 0) is 105 Å². The number of benzene rings is 6. The zero-order chi connectivity index (χ0) is 26.2. The monoisotopic (exact) mass is 488 g/mol. The second-order valence-electron chi connectivity index (χ2n) is 10.3. The first kappa shape index (κ1) is 23.9. The third kappa shape index (κ3) is 4.03. The minimum Gasteiger partial charge on any atom is -0.0620 e. The van der Waals surface area contributed by atoms with Gasteiger partial charge in [0.25, 0.3) is 0 Å². The molecule has 6 aromatic carbocycles. The van der Waals surface area contributed by atoms with E-state index in [1.807, 2.05) is 0 Å². The summed E-state index contributed by atoms with van der Waals surface area (Å²) in [6, 6.07) is 44.4. The summed E-state index contributed by atoms with van der Waals surface area (Å²) < 4.78 is 0. The van der Waals surface area contributed by atoms with E-state index in [1.54, 1.807) is 0 Å². The van der Waals surface area contributed by atoms with Crippen molar-refractivity contribution in [3.8, 4) is 44.5 Å². The molecule has 0 amide bonds. The lowest BCUT2D eigenvalue weighted by Gasteiger charge is -2.22. The first-order valence-corrected chi connectivity index (χ1v) is 13.4. The number of fused-ring (bicyclic) bond motifs is 1. The molecule has 0 saturated carbocycles. The van der Waals surface area contributed by atoms with Crippen molar-refractivity contribution in [2.75, 3.05) is 0 Å². The largest absolute Gasteiger partial charge is 0.0620 e. The fraction of sp³-hybridized carbons (Fsp3) is 0.105. The fourth-order valence-corrected chi connectivity index (χ4v) is 5.89. The molecule has 0 heteroatoms. The summed E-state index contributed by atoms with van der Waals surface area (Å²) in [5, 5.41) is 2.63. The lowest BCUT2D eigenvalue weighted by molar-refractivity contribution is 1.44. The van der Waals surface area contributed by atoms with Crippen molar-refractivity contribution in [2.24, 2.45) is 0 Å². The fourth-order valence-electron chi connectivity index (χ4n) is 5.89. The molecule has 0 aromatic heterocycles. The van der Waals surface area contributed by atoms with Gasteiger partial charge in [-0.25, -0.2) is 0 Å². The summed E-state index contributed by atoms with van der Waals surface area (Å²) in [5.41, 5.74) is 15.4. The molecule has 0 spiro atoms. The first-order chi connectivity index (χ1) is 18.5. The van der Waals surface area contributed by atoms with E-state index in [9.17, 15) is 0 Å². The topological polar surface area (TPSA) is 0 Å². The van der Waals surface area contributed by atoms with Crippen molar-refractivity contribution in [3.05, 3.63) is 144 Å². The summed E-state index contributed by atoms with van der Waals surface area (Å²) in [4.78, 5) is 0. The van der Waals surface area contributed by atoms with Crippen LogP contribution in [0.5, 0.6) is 0 Å². The second kappa shape index (κ2) is 9.80. The maximum absolute atomic E-state index is 2.34. The van der Waals surface area contributed by atoms with Crippen LogP contribution in [0.25, 0.3) is 55.3 Å². The van der Waals surface area contributed by atoms with Crippen LogP contribution in [-0.4, -0.2) is 0 Å². The summed E-state index contributed by atoms with van der Waals surface area (Å²) >= 11 is 0. The molecule has 38 heavy (non-hydrogen) atoms. The highest BCUT2D eigenvalue weighted by atomic mass is 14.2. The molecule has 6 aromatic rings. The molecule has 0 radical (unpaired) electrons. The van der Waals surface area contributed by atoms with Gasteiger partial charge in [-0.1, -0.05) is 121 Å². The van der Waals surface area contributed by atoms with Crippen LogP contribution in [0.4, 0.5) is 0 Å². The molecule has 0 aliphatic carbocycles. The first-order valence-electron chi connectivity index (χ1n) is 13.4. The van der Waals surface area contributed by atoms with E-state index in [-0.39, 0.29) is 0 Å². The van der Waals surface area contributed by atoms with Gasteiger partial charge in [0.1, 0.15) is 0 Å². The van der Waals surface area contributed by atoms with Crippen molar-refractivity contribution in [1.82, 2.24) is 0 Å². The normalized spacial score (nSPS) is 11.2. The van der Waals surface area contributed by atoms with Crippen molar-refractivity contribution < 1.29 is 0 Å². The standard InChI is InChI=1S/C38H32/c1-25-13-5-9-17-29(25)33-21-22-35(31-19-11-7-15-27(31)3)38-36(32-20-12-8-16-28(32)4)24-23-34(37(33)38)30-18-10-6-14-26(30)2/h5-24H,1-4H3. The van der Waals surface area contributed by atoms with Gasteiger partial charge in [0, 0.05) is 0 Å². The molecule has 0 unspecified atom stereocenters. The van der Waals surface area contributed by atoms with Crippen LogP contribution in [0.3, 0.4) is 0 Å². The van der Waals surface area contributed by atoms with E-state index in [2.05, 4.69) is 149 Å². The van der Waals surface area contributed by atoms with Crippen LogP contribution >= 0.6 is 0 Å². The molecule has 6 rings (SSSR count). The van der Waals surface area contributed by atoms with Gasteiger partial charge in [-0.2, -0.15) is 0 Å². The Morgan fingerprint density at radius 1 is 0.237 bits per heavy atom. The van der Waals surface area contributed by atoms with Crippen molar-refractivity contribution in [2.45, 2.75) is 27.7 Å². The Hall–Kier alpha value is -4.42. The summed E-state index contributed by atoms with van der Waals surface area (Å²) in [6.45, 7) is 8.87. The predicted molar refractivity (Wildman–Crippen MR) is 165 cm³/mol. The van der Waals surface area contributed by atoms with E-state index >= 15 is 0 Å². The predicted octanol–water partition coefficient (Wildman–Crippen LogP) is 10.7. The van der Waals surface area contributed by atoms with E-state index in [0.717, 1.165) is 0 Å². The minimum absolute atomic E-state index is 1.28. The van der Waals surface area contributed by atoms with Crippen LogP contribution in [0, 0.1) is 27.7 Å². The van der Waals surface area contributed by atoms with Gasteiger partial charge in [-0.3, -0.25) is 0 Å². The van der Waals surface area contributed by atoms with Gasteiger partial charge < -0.3 is 0 Å². The Kier molecular flexibility index (Phi) is 6.18. The molecule has 0 saturated heterocycles. The Morgan fingerprint density at radius 3 is 0.658 bits per heavy atom. The van der Waals surface area contributed by atoms with Crippen LogP contribution in [0.2, 0.25) is 0 Å². The SMILES string of the molecule is Cc1ccccc1-c1ccc(-c2ccccc2C)c2c(-c3ccccc3C)ccc(-c3ccccc3C)c12. The molecule has 0 aliphatic heterocycles. The minimum atomic E-state index is 1.28. The van der Waals surface area contributed by atoms with Gasteiger partial charge in [-0.15, -0.1) is 0 Å². The van der Waals surface area contributed by atoms with Gasteiger partial charge in [0.05, 0.1) is 0 Å². The molecule has 0 fully saturated rings. The zero-order valence-electron chi connectivity index (χ0n) is 22.5. The number of rotatable bonds is 4. The Balaban J connectivity index is 1.86. The average Bonchev–Trinajstić information content (AvgIpc) is 2.94. The van der Waals surface area contributed by atoms with Gasteiger partial charge in [0.15, 0.2) is 0 Å². The van der Waals surface area contributed by atoms with E-state index < -0.39 is 0 Å². The van der Waals surface area contributed by atoms with E-state index in [0.29, 0.717) is 0 Å². The molecule has 0 bridgehead atoms. The number of hydrogen-bond donors (Lipinski definition) is 0. The van der Waals surface area contributed by atoms with Crippen LogP contribution in [-0.2, 0) is 0 Å². The quantitative estimate of drug-likeness (QED) is 0.231. The zero-order valence-corrected chi connectivity index (χ0v) is 22.5. The smallest absolute Gasteiger partial charge is 0.00141 e. The summed E-state index contributed by atoms with van der Waals surface area (Å²) in [5.74, 6) is 0. The lowest BCUT2D eigenvalue weighted by atomic mass is 9.81. The average molecular weight is 489 g/mol. The summed E-state index contributed by atoms with van der Waals surface area (Å²) in [6.07, 6.45) is 0. The molecule has 0 atom stereocenters. The third-order valence-corrected chi connectivity index (χ3v) is 7.90. The van der Waals surface area contributed by atoms with Crippen LogP contribution in [0.1, 0.15) is 22.3 Å². The highest BCUT2D eigenvalue weighted by Gasteiger charge is 2.20. The Bertz CT molecular complexity index is 1540. The number of hydrogen-bond acceptors (Lipinski definition) is 0. The molecular weight excluding hydrogens is 456 g/mol. The van der Waals surface area contributed by atoms with Crippen molar-refractivity contribution in [1.29, 1.82) is 0 Å². The maximum atomic E-state index is 2.34. The molecule has 0 heterocycles. The van der Waals surface area contributed by atoms with Crippen molar-refractivity contribution in [3.63, 3.8) is 0 Å². The summed E-state index contributed by atoms with van der Waals surface area (Å²) in [7, 11) is 0. The second-order valence-corrected chi connectivity index (χ2v) is 10.3. The van der Waals surface area contributed by atoms with Crippen LogP contribution < -0.4 is 0 Å². The van der Waals surface area contributed by atoms with Gasteiger partial charge >= 0.3 is 0 Å². The highest BCUT2D eigenvalue weighted by molar-refractivity contribution is 6.18. The van der Waals surface area contributed by atoms with Crippen molar-refractivity contribution >= 4 is 10.8 Å². The highest BCUT2D eigenvalue weighted by Crippen LogP contribution is 2.47. The number of aryl methyl sites for hydroxylation is 4.